The van der Waals surface area contributed by atoms with Crippen LogP contribution in [-0.4, -0.2) is 27.5 Å². The number of carbonyl (C=O) groups excluding carboxylic acids is 1. The van der Waals surface area contributed by atoms with Gasteiger partial charge in [0, 0.05) is 23.4 Å². The van der Waals surface area contributed by atoms with Crippen molar-refractivity contribution in [3.8, 4) is 11.5 Å². The van der Waals surface area contributed by atoms with Crippen LogP contribution in [0.1, 0.15) is 37.6 Å². The molecule has 5 nitrogen and oxygen atoms in total. The standard InChI is InChI=1S/C14H15N3O2S/c18-14(9-3-4-9)17-6-1-2-11(17)13-16-15-12(19-13)10-5-7-20-8-10/h5,7-9,11H,1-4,6H2/t11-/m1/s1. The maximum Gasteiger partial charge on any atom is 0.248 e. The summed E-state index contributed by atoms with van der Waals surface area (Å²) >= 11 is 1.60. The Morgan fingerprint density at radius 2 is 2.25 bits per heavy atom. The number of hydrogen-bond donors (Lipinski definition) is 0. The summed E-state index contributed by atoms with van der Waals surface area (Å²) in [5.74, 6) is 1.64. The van der Waals surface area contributed by atoms with Gasteiger partial charge in [0.15, 0.2) is 0 Å². The van der Waals surface area contributed by atoms with Crippen LogP contribution in [0.2, 0.25) is 0 Å². The molecule has 0 aromatic carbocycles. The van der Waals surface area contributed by atoms with Crippen LogP contribution < -0.4 is 0 Å². The van der Waals surface area contributed by atoms with E-state index in [0.717, 1.165) is 37.8 Å². The molecule has 0 spiro atoms. The zero-order valence-corrected chi connectivity index (χ0v) is 11.8. The molecule has 1 saturated heterocycles. The van der Waals surface area contributed by atoms with Crippen LogP contribution >= 0.6 is 11.3 Å². The van der Waals surface area contributed by atoms with Crippen molar-refractivity contribution in [2.45, 2.75) is 31.7 Å². The highest BCUT2D eigenvalue weighted by atomic mass is 32.1. The van der Waals surface area contributed by atoms with Crippen LogP contribution in [-0.2, 0) is 4.79 Å². The minimum atomic E-state index is -0.0250. The number of thiophene rings is 1. The highest BCUT2D eigenvalue weighted by Crippen LogP contribution is 2.38. The molecule has 2 aromatic heterocycles. The van der Waals surface area contributed by atoms with E-state index >= 15 is 0 Å². The molecule has 0 bridgehead atoms. The summed E-state index contributed by atoms with van der Waals surface area (Å²) in [6.45, 7) is 0.816. The Hall–Kier alpha value is -1.69. The second kappa shape index (κ2) is 4.70. The zero-order valence-electron chi connectivity index (χ0n) is 11.0. The lowest BCUT2D eigenvalue weighted by molar-refractivity contribution is -0.133. The van der Waals surface area contributed by atoms with Crippen molar-refractivity contribution in [3.63, 3.8) is 0 Å². The van der Waals surface area contributed by atoms with Crippen LogP contribution in [0.4, 0.5) is 0 Å². The molecule has 1 aliphatic carbocycles. The normalized spacial score (nSPS) is 22.4. The molecule has 2 aliphatic rings. The fourth-order valence-electron chi connectivity index (χ4n) is 2.72. The highest BCUT2D eigenvalue weighted by Gasteiger charge is 2.40. The maximum absolute atomic E-state index is 12.3. The van der Waals surface area contributed by atoms with Crippen LogP contribution in [0.25, 0.3) is 11.5 Å². The Balaban J connectivity index is 1.58. The van der Waals surface area contributed by atoms with Gasteiger partial charge in [0.1, 0.15) is 6.04 Å². The van der Waals surface area contributed by atoms with E-state index in [1.54, 1.807) is 11.3 Å². The molecule has 1 saturated carbocycles. The summed E-state index contributed by atoms with van der Waals surface area (Å²) in [5, 5.41) is 12.2. The van der Waals surface area contributed by atoms with E-state index in [1.807, 2.05) is 21.7 Å². The first-order valence-corrected chi connectivity index (χ1v) is 7.93. The van der Waals surface area contributed by atoms with Gasteiger partial charge in [0.2, 0.25) is 17.7 Å². The Labute approximate surface area is 120 Å². The fourth-order valence-corrected chi connectivity index (χ4v) is 3.35. The molecular weight excluding hydrogens is 274 g/mol. The second-order valence-electron chi connectivity index (χ2n) is 5.42. The minimum absolute atomic E-state index is 0.0250. The van der Waals surface area contributed by atoms with Crippen molar-refractivity contribution >= 4 is 17.2 Å². The average molecular weight is 289 g/mol. The molecule has 1 aliphatic heterocycles. The summed E-state index contributed by atoms with van der Waals surface area (Å²) in [7, 11) is 0. The van der Waals surface area contributed by atoms with Crippen LogP contribution in [0.3, 0.4) is 0 Å². The molecule has 104 valence electrons. The van der Waals surface area contributed by atoms with Crippen molar-refractivity contribution in [1.29, 1.82) is 0 Å². The second-order valence-corrected chi connectivity index (χ2v) is 6.20. The van der Waals surface area contributed by atoms with Gasteiger partial charge in [-0.3, -0.25) is 4.79 Å². The molecule has 1 atom stereocenters. The molecule has 3 heterocycles. The molecule has 4 rings (SSSR count). The Morgan fingerprint density at radius 1 is 1.35 bits per heavy atom. The number of carbonyl (C=O) groups is 1. The van der Waals surface area contributed by atoms with Gasteiger partial charge >= 0.3 is 0 Å². The molecule has 20 heavy (non-hydrogen) atoms. The summed E-state index contributed by atoms with van der Waals surface area (Å²) < 4.78 is 5.78. The number of likely N-dealkylation sites (tertiary alicyclic amines) is 1. The lowest BCUT2D eigenvalue weighted by atomic mass is 10.2. The van der Waals surface area contributed by atoms with Crippen molar-refractivity contribution in [2.24, 2.45) is 5.92 Å². The van der Waals surface area contributed by atoms with Gasteiger partial charge in [0.05, 0.1) is 0 Å². The summed E-state index contributed by atoms with van der Waals surface area (Å²) in [6.07, 6.45) is 4.00. The van der Waals surface area contributed by atoms with Crippen molar-refractivity contribution < 1.29 is 9.21 Å². The molecule has 6 heteroatoms. The molecular formula is C14H15N3O2S. The largest absolute Gasteiger partial charge is 0.418 e. The smallest absolute Gasteiger partial charge is 0.248 e. The maximum atomic E-state index is 12.3. The molecule has 0 unspecified atom stereocenters. The van der Waals surface area contributed by atoms with Gasteiger partial charge in [-0.25, -0.2) is 0 Å². The third kappa shape index (κ3) is 2.04. The first-order chi connectivity index (χ1) is 9.83. The average Bonchev–Trinajstić information content (AvgIpc) is 2.93. The van der Waals surface area contributed by atoms with E-state index in [1.165, 1.54) is 0 Å². The number of rotatable bonds is 3. The lowest BCUT2D eigenvalue weighted by Gasteiger charge is -2.21. The van der Waals surface area contributed by atoms with E-state index in [0.29, 0.717) is 11.8 Å². The minimum Gasteiger partial charge on any atom is -0.418 e. The predicted octanol–water partition coefficient (Wildman–Crippen LogP) is 2.87. The quantitative estimate of drug-likeness (QED) is 0.871. The number of amides is 1. The van der Waals surface area contributed by atoms with Crippen LogP contribution in [0.5, 0.6) is 0 Å². The van der Waals surface area contributed by atoms with Gasteiger partial charge in [-0.2, -0.15) is 11.3 Å². The first kappa shape index (κ1) is 12.1. The van der Waals surface area contributed by atoms with Gasteiger partial charge in [0.25, 0.3) is 0 Å². The van der Waals surface area contributed by atoms with E-state index < -0.39 is 0 Å². The van der Waals surface area contributed by atoms with Gasteiger partial charge in [-0.1, -0.05) is 0 Å². The molecule has 1 amide bonds. The van der Waals surface area contributed by atoms with E-state index in [4.69, 9.17) is 4.42 Å². The van der Waals surface area contributed by atoms with Crippen molar-refractivity contribution in [3.05, 3.63) is 22.7 Å². The van der Waals surface area contributed by atoms with Gasteiger partial charge in [-0.05, 0) is 37.1 Å². The Morgan fingerprint density at radius 3 is 3.00 bits per heavy atom. The summed E-state index contributed by atoms with van der Waals surface area (Å²) in [5.41, 5.74) is 0.951. The van der Waals surface area contributed by atoms with E-state index in [9.17, 15) is 4.79 Å². The lowest BCUT2D eigenvalue weighted by Crippen LogP contribution is -2.31. The zero-order chi connectivity index (χ0) is 13.5. The summed E-state index contributed by atoms with van der Waals surface area (Å²) in [6, 6.07) is 1.94. The van der Waals surface area contributed by atoms with E-state index in [2.05, 4.69) is 10.2 Å². The monoisotopic (exact) mass is 289 g/mol. The van der Waals surface area contributed by atoms with Gasteiger partial charge < -0.3 is 9.32 Å². The summed E-state index contributed by atoms with van der Waals surface area (Å²) in [4.78, 5) is 14.2. The topological polar surface area (TPSA) is 59.2 Å². The van der Waals surface area contributed by atoms with Crippen molar-refractivity contribution in [2.75, 3.05) is 6.54 Å². The third-order valence-electron chi connectivity index (χ3n) is 3.96. The Bertz CT molecular complexity index is 618. The predicted molar refractivity (Wildman–Crippen MR) is 74.0 cm³/mol. The SMILES string of the molecule is O=C(C1CC1)N1CCC[C@@H]1c1nnc(-c2ccsc2)o1. The van der Waals surface area contributed by atoms with Crippen LogP contribution in [0.15, 0.2) is 21.2 Å². The number of aromatic nitrogens is 2. The third-order valence-corrected chi connectivity index (χ3v) is 4.64. The van der Waals surface area contributed by atoms with Crippen molar-refractivity contribution in [1.82, 2.24) is 15.1 Å². The molecule has 2 aromatic rings. The number of hydrogen-bond acceptors (Lipinski definition) is 5. The fraction of sp³-hybridized carbons (Fsp3) is 0.500. The molecule has 2 fully saturated rings. The van der Waals surface area contributed by atoms with E-state index in [-0.39, 0.29) is 17.9 Å². The highest BCUT2D eigenvalue weighted by molar-refractivity contribution is 7.08. The van der Waals surface area contributed by atoms with Crippen LogP contribution in [0, 0.1) is 5.92 Å². The molecule has 0 radical (unpaired) electrons. The first-order valence-electron chi connectivity index (χ1n) is 6.99. The Kier molecular flexibility index (Phi) is 2.84. The molecule has 0 N–H and O–H groups in total. The van der Waals surface area contributed by atoms with Gasteiger partial charge in [-0.15, -0.1) is 10.2 Å². The number of nitrogens with zero attached hydrogens (tertiary/aromatic N) is 3.